The summed E-state index contributed by atoms with van der Waals surface area (Å²) in [5.41, 5.74) is 6.71. The first-order valence-electron chi connectivity index (χ1n) is 13.3. The van der Waals surface area contributed by atoms with E-state index in [1.54, 1.807) is 5.57 Å². The van der Waals surface area contributed by atoms with Crippen molar-refractivity contribution in [3.8, 4) is 0 Å². The average molecular weight is 438 g/mol. The van der Waals surface area contributed by atoms with Gasteiger partial charge in [0.15, 0.2) is 0 Å². The van der Waals surface area contributed by atoms with Crippen LogP contribution in [-0.2, 0) is 4.74 Å². The molecule has 4 nitrogen and oxygen atoms in total. The molecule has 4 aliphatic rings. The van der Waals surface area contributed by atoms with Crippen LogP contribution in [0.25, 0.3) is 5.57 Å². The van der Waals surface area contributed by atoms with E-state index < -0.39 is 0 Å². The second-order valence-electron chi connectivity index (χ2n) is 10.7. The highest BCUT2D eigenvalue weighted by molar-refractivity contribution is 5.80. The third kappa shape index (κ3) is 4.87. The summed E-state index contributed by atoms with van der Waals surface area (Å²) in [6.07, 6.45) is 14.8. The fourth-order valence-corrected chi connectivity index (χ4v) is 6.02. The van der Waals surface area contributed by atoms with Gasteiger partial charge in [0.25, 0.3) is 0 Å². The van der Waals surface area contributed by atoms with Crippen molar-refractivity contribution in [2.24, 2.45) is 5.41 Å². The molecule has 3 fully saturated rings. The Morgan fingerprint density at radius 2 is 1.75 bits per heavy atom. The number of hydrogen-bond acceptors (Lipinski definition) is 4. The Hall–Kier alpha value is -1.52. The molecule has 0 bridgehead atoms. The van der Waals surface area contributed by atoms with Crippen molar-refractivity contribution in [1.82, 2.24) is 4.90 Å². The molecule has 2 aliphatic carbocycles. The maximum absolute atomic E-state index is 5.60. The highest BCUT2D eigenvalue weighted by Crippen LogP contribution is 2.57. The van der Waals surface area contributed by atoms with Gasteiger partial charge in [0.1, 0.15) is 0 Å². The zero-order chi connectivity index (χ0) is 22.0. The van der Waals surface area contributed by atoms with Gasteiger partial charge in [-0.15, -0.1) is 0 Å². The Morgan fingerprint density at radius 3 is 2.38 bits per heavy atom. The predicted molar refractivity (Wildman–Crippen MR) is 136 cm³/mol. The number of unbranched alkanes of at least 4 members (excludes halogenated alkanes) is 1. The Balaban J connectivity index is 1.36. The van der Waals surface area contributed by atoms with Gasteiger partial charge in [-0.2, -0.15) is 0 Å². The van der Waals surface area contributed by atoms with Gasteiger partial charge in [-0.05, 0) is 87.1 Å². The first-order chi connectivity index (χ1) is 15.7. The molecule has 0 unspecified atom stereocenters. The van der Waals surface area contributed by atoms with Gasteiger partial charge in [-0.1, -0.05) is 19.4 Å². The third-order valence-electron chi connectivity index (χ3n) is 8.67. The number of hydrogen-bond donors (Lipinski definition) is 0. The Kier molecular flexibility index (Phi) is 6.80. The lowest BCUT2D eigenvalue weighted by atomic mass is 9.83. The molecule has 0 N–H and O–H groups in total. The Labute approximate surface area is 195 Å². The van der Waals surface area contributed by atoms with Crippen molar-refractivity contribution >= 4 is 16.9 Å². The molecular weight excluding hydrogens is 394 g/mol. The highest BCUT2D eigenvalue weighted by Gasteiger charge is 2.43. The van der Waals surface area contributed by atoms with Crippen molar-refractivity contribution in [3.05, 3.63) is 29.8 Å². The van der Waals surface area contributed by atoms with Crippen LogP contribution in [0.5, 0.6) is 0 Å². The number of allylic oxidation sites excluding steroid dienone is 2. The summed E-state index contributed by atoms with van der Waals surface area (Å²) in [7, 11) is 1.86. The lowest BCUT2D eigenvalue weighted by molar-refractivity contribution is 0.0819. The second kappa shape index (κ2) is 9.77. The van der Waals surface area contributed by atoms with Gasteiger partial charge in [-0.25, -0.2) is 0 Å². The molecule has 0 aromatic heterocycles. The number of piperazine rings is 1. The van der Waals surface area contributed by atoms with Crippen LogP contribution in [0.4, 0.5) is 11.4 Å². The van der Waals surface area contributed by atoms with Gasteiger partial charge in [-0.3, -0.25) is 4.90 Å². The molecule has 32 heavy (non-hydrogen) atoms. The summed E-state index contributed by atoms with van der Waals surface area (Å²) in [6.45, 7) is 10.5. The summed E-state index contributed by atoms with van der Waals surface area (Å²) < 4.78 is 5.60. The highest BCUT2D eigenvalue weighted by atomic mass is 16.5. The number of rotatable bonds is 7. The molecule has 2 saturated heterocycles. The van der Waals surface area contributed by atoms with E-state index in [9.17, 15) is 0 Å². The number of ether oxygens (including phenoxy) is 1. The maximum atomic E-state index is 5.60. The lowest BCUT2D eigenvalue weighted by Gasteiger charge is -2.38. The molecule has 1 saturated carbocycles. The van der Waals surface area contributed by atoms with E-state index in [-0.39, 0.29) is 0 Å². The summed E-state index contributed by atoms with van der Waals surface area (Å²) in [6, 6.07) is 7.36. The van der Waals surface area contributed by atoms with Gasteiger partial charge >= 0.3 is 0 Å². The molecule has 5 rings (SSSR count). The number of anilines is 2. The van der Waals surface area contributed by atoms with Gasteiger partial charge < -0.3 is 14.5 Å². The van der Waals surface area contributed by atoms with Crippen LogP contribution >= 0.6 is 0 Å². The monoisotopic (exact) mass is 437 g/mol. The van der Waals surface area contributed by atoms with Crippen molar-refractivity contribution in [1.29, 1.82) is 0 Å². The Bertz CT molecular complexity index is 799. The minimum Gasteiger partial charge on any atom is -0.381 e. The largest absolute Gasteiger partial charge is 0.381 e. The van der Waals surface area contributed by atoms with E-state index in [0.717, 1.165) is 39.0 Å². The van der Waals surface area contributed by atoms with Crippen molar-refractivity contribution in [2.45, 2.75) is 70.8 Å². The molecule has 1 aromatic rings. The summed E-state index contributed by atoms with van der Waals surface area (Å²) in [4.78, 5) is 7.91. The van der Waals surface area contributed by atoms with Crippen LogP contribution in [0, 0.1) is 5.41 Å². The summed E-state index contributed by atoms with van der Waals surface area (Å²) >= 11 is 0. The molecule has 0 amide bonds. The summed E-state index contributed by atoms with van der Waals surface area (Å²) in [5.74, 6) is 0. The maximum Gasteiger partial charge on any atom is 0.0605 e. The Morgan fingerprint density at radius 1 is 0.969 bits per heavy atom. The molecule has 2 aliphatic heterocycles. The molecule has 1 aromatic carbocycles. The molecule has 176 valence electrons. The fraction of sp³-hybridized carbons (Fsp3) is 0.714. The first kappa shape index (κ1) is 22.3. The average Bonchev–Trinajstić information content (AvgIpc) is 3.62. The molecule has 1 spiro atoms. The van der Waals surface area contributed by atoms with E-state index in [2.05, 4.69) is 45.9 Å². The second-order valence-corrected chi connectivity index (χ2v) is 10.7. The SMILES string of the molecule is CCCCN1CCN(c2ccc(N3CCC(OC)CC3)cc2C2=CCC3(CC2)CC3)CC1. The molecule has 4 heteroatoms. The number of benzene rings is 1. The summed E-state index contributed by atoms with van der Waals surface area (Å²) in [5, 5.41) is 0. The fourth-order valence-electron chi connectivity index (χ4n) is 6.02. The van der Waals surface area contributed by atoms with Crippen molar-refractivity contribution < 1.29 is 4.74 Å². The normalized spacial score (nSPS) is 24.1. The van der Waals surface area contributed by atoms with E-state index in [1.165, 1.54) is 81.5 Å². The third-order valence-corrected chi connectivity index (χ3v) is 8.67. The quantitative estimate of drug-likeness (QED) is 0.555. The predicted octanol–water partition coefficient (Wildman–Crippen LogP) is 5.57. The molecular formula is C28H43N3O. The van der Waals surface area contributed by atoms with Crippen LogP contribution < -0.4 is 9.80 Å². The molecule has 0 atom stereocenters. The van der Waals surface area contributed by atoms with Crippen molar-refractivity contribution in [2.75, 3.05) is 62.7 Å². The molecule has 0 radical (unpaired) electrons. The van der Waals surface area contributed by atoms with E-state index in [1.807, 2.05) is 7.11 Å². The zero-order valence-electron chi connectivity index (χ0n) is 20.5. The van der Waals surface area contributed by atoms with Gasteiger partial charge in [0, 0.05) is 63.3 Å². The van der Waals surface area contributed by atoms with Gasteiger partial charge in [0.2, 0.25) is 0 Å². The van der Waals surface area contributed by atoms with Crippen LogP contribution in [0.1, 0.15) is 70.3 Å². The zero-order valence-corrected chi connectivity index (χ0v) is 20.5. The van der Waals surface area contributed by atoms with Gasteiger partial charge in [0.05, 0.1) is 6.10 Å². The van der Waals surface area contributed by atoms with Crippen molar-refractivity contribution in [3.63, 3.8) is 0 Å². The number of methoxy groups -OCH3 is 1. The minimum absolute atomic E-state index is 0.435. The van der Waals surface area contributed by atoms with E-state index in [0.29, 0.717) is 11.5 Å². The number of nitrogens with zero attached hydrogens (tertiary/aromatic N) is 3. The molecule has 2 heterocycles. The minimum atomic E-state index is 0.435. The van der Waals surface area contributed by atoms with E-state index in [4.69, 9.17) is 4.74 Å². The van der Waals surface area contributed by atoms with Crippen LogP contribution in [0.3, 0.4) is 0 Å². The van der Waals surface area contributed by atoms with Crippen LogP contribution in [-0.4, -0.2) is 63.9 Å². The topological polar surface area (TPSA) is 19.0 Å². The smallest absolute Gasteiger partial charge is 0.0605 e. The van der Waals surface area contributed by atoms with E-state index >= 15 is 0 Å². The number of piperidine rings is 1. The standard InChI is InChI=1S/C28H43N3O/c1-3-4-15-29-18-20-31(21-19-29)27-6-5-24(30-16-9-25(32-2)10-17-30)22-26(27)23-7-11-28(12-8-23)13-14-28/h5-7,22,25H,3-4,8-21H2,1-2H3. The lowest BCUT2D eigenvalue weighted by Crippen LogP contribution is -2.47. The van der Waals surface area contributed by atoms with Crippen LogP contribution in [0.15, 0.2) is 24.3 Å². The van der Waals surface area contributed by atoms with Crippen LogP contribution in [0.2, 0.25) is 0 Å². The first-order valence-corrected chi connectivity index (χ1v) is 13.3.